The third-order valence-electron chi connectivity index (χ3n) is 2.60. The van der Waals surface area contributed by atoms with Gasteiger partial charge in [0.25, 0.3) is 0 Å². The summed E-state index contributed by atoms with van der Waals surface area (Å²) in [6.45, 7) is 3.25. The number of nitrogens with two attached hydrogens (primary N) is 1. The predicted molar refractivity (Wildman–Crippen MR) is 61.1 cm³/mol. The minimum absolute atomic E-state index is 0.134. The molecule has 0 aromatic heterocycles. The first-order valence-electron chi connectivity index (χ1n) is 5.44. The molecule has 2 nitrogen and oxygen atoms in total. The molecular weight excluding hydrogens is 210 g/mol. The van der Waals surface area contributed by atoms with Crippen molar-refractivity contribution in [3.05, 3.63) is 35.4 Å². The maximum absolute atomic E-state index is 13.1. The largest absolute Gasteiger partial charge is 0.329 e. The Morgan fingerprint density at radius 2 is 1.81 bits per heavy atom. The van der Waals surface area contributed by atoms with Gasteiger partial charge in [-0.1, -0.05) is 6.92 Å². The van der Waals surface area contributed by atoms with Gasteiger partial charge in [0.1, 0.15) is 11.6 Å². The maximum atomic E-state index is 13.1. The van der Waals surface area contributed by atoms with Crippen LogP contribution in [0.4, 0.5) is 8.78 Å². The van der Waals surface area contributed by atoms with E-state index in [1.54, 1.807) is 0 Å². The average molecular weight is 228 g/mol. The summed E-state index contributed by atoms with van der Waals surface area (Å²) in [4.78, 5) is 2.01. The topological polar surface area (TPSA) is 29.3 Å². The molecule has 0 fully saturated rings. The summed E-state index contributed by atoms with van der Waals surface area (Å²) in [5.74, 6) is -1.11. The Morgan fingerprint density at radius 1 is 1.25 bits per heavy atom. The van der Waals surface area contributed by atoms with E-state index in [1.165, 1.54) is 12.1 Å². The van der Waals surface area contributed by atoms with Crippen LogP contribution in [0, 0.1) is 11.6 Å². The summed E-state index contributed by atoms with van der Waals surface area (Å²) in [5, 5.41) is 0. The van der Waals surface area contributed by atoms with Crippen LogP contribution in [0.25, 0.3) is 0 Å². The Bertz CT molecular complexity index is 322. The molecule has 0 bridgehead atoms. The zero-order valence-electron chi connectivity index (χ0n) is 9.71. The van der Waals surface area contributed by atoms with E-state index in [9.17, 15) is 8.78 Å². The standard InChI is InChI=1S/C12H18F2N2/c1-3-4-16(2)12(8-15)9-5-10(13)7-11(14)6-9/h5-7,12H,3-4,8,15H2,1-2H3. The second kappa shape index (κ2) is 5.92. The summed E-state index contributed by atoms with van der Waals surface area (Å²) in [6.07, 6.45) is 0.977. The molecule has 0 aliphatic carbocycles. The van der Waals surface area contributed by atoms with Crippen molar-refractivity contribution in [3.8, 4) is 0 Å². The van der Waals surface area contributed by atoms with Crippen molar-refractivity contribution in [1.82, 2.24) is 4.90 Å². The highest BCUT2D eigenvalue weighted by molar-refractivity contribution is 5.21. The Labute approximate surface area is 95.1 Å². The quantitative estimate of drug-likeness (QED) is 0.838. The van der Waals surface area contributed by atoms with Crippen LogP contribution in [0.15, 0.2) is 18.2 Å². The van der Waals surface area contributed by atoms with Gasteiger partial charge in [0.05, 0.1) is 0 Å². The molecule has 1 unspecified atom stereocenters. The van der Waals surface area contributed by atoms with Crippen LogP contribution in [0.1, 0.15) is 24.9 Å². The van der Waals surface area contributed by atoms with Crippen LogP contribution >= 0.6 is 0 Å². The van der Waals surface area contributed by atoms with E-state index in [0.29, 0.717) is 12.1 Å². The van der Waals surface area contributed by atoms with E-state index >= 15 is 0 Å². The first kappa shape index (κ1) is 13.1. The van der Waals surface area contributed by atoms with Gasteiger partial charge in [-0.3, -0.25) is 4.90 Å². The molecule has 1 aromatic carbocycles. The van der Waals surface area contributed by atoms with E-state index in [0.717, 1.165) is 19.0 Å². The van der Waals surface area contributed by atoms with Gasteiger partial charge in [-0.05, 0) is 37.7 Å². The lowest BCUT2D eigenvalue weighted by Gasteiger charge is -2.27. The molecule has 0 heterocycles. The smallest absolute Gasteiger partial charge is 0.126 e. The van der Waals surface area contributed by atoms with Gasteiger partial charge >= 0.3 is 0 Å². The van der Waals surface area contributed by atoms with Gasteiger partial charge < -0.3 is 5.73 Å². The Hall–Kier alpha value is -1.00. The van der Waals surface area contributed by atoms with Gasteiger partial charge in [0.15, 0.2) is 0 Å². The SMILES string of the molecule is CCCN(C)C(CN)c1cc(F)cc(F)c1. The van der Waals surface area contributed by atoms with Crippen LogP contribution in [-0.4, -0.2) is 25.0 Å². The molecule has 2 N–H and O–H groups in total. The molecule has 0 saturated carbocycles. The molecule has 1 rings (SSSR count). The normalized spacial score (nSPS) is 13.1. The van der Waals surface area contributed by atoms with Crippen LogP contribution in [-0.2, 0) is 0 Å². The first-order chi connectivity index (χ1) is 7.58. The molecule has 1 aromatic rings. The number of likely N-dealkylation sites (N-methyl/N-ethyl adjacent to an activating group) is 1. The molecule has 0 radical (unpaired) electrons. The lowest BCUT2D eigenvalue weighted by molar-refractivity contribution is 0.249. The Balaban J connectivity index is 2.94. The van der Waals surface area contributed by atoms with Crippen molar-refractivity contribution in [2.75, 3.05) is 20.1 Å². The maximum Gasteiger partial charge on any atom is 0.126 e. The summed E-state index contributed by atoms with van der Waals surface area (Å²) in [7, 11) is 1.91. The van der Waals surface area contributed by atoms with Crippen LogP contribution in [0.3, 0.4) is 0 Å². The van der Waals surface area contributed by atoms with Gasteiger partial charge in [-0.25, -0.2) is 8.78 Å². The number of rotatable bonds is 5. The summed E-state index contributed by atoms with van der Waals surface area (Å²) < 4.78 is 26.1. The zero-order chi connectivity index (χ0) is 12.1. The van der Waals surface area contributed by atoms with Crippen molar-refractivity contribution in [3.63, 3.8) is 0 Å². The first-order valence-corrected chi connectivity index (χ1v) is 5.44. The highest BCUT2D eigenvalue weighted by Crippen LogP contribution is 2.20. The highest BCUT2D eigenvalue weighted by Gasteiger charge is 2.16. The summed E-state index contributed by atoms with van der Waals surface area (Å²) in [5.41, 5.74) is 6.24. The minimum atomic E-state index is -0.557. The number of nitrogens with zero attached hydrogens (tertiary/aromatic N) is 1. The van der Waals surface area contributed by atoms with Crippen LogP contribution in [0.2, 0.25) is 0 Å². The molecule has 0 saturated heterocycles. The van der Waals surface area contributed by atoms with E-state index in [2.05, 4.69) is 6.92 Å². The Morgan fingerprint density at radius 3 is 2.25 bits per heavy atom. The summed E-state index contributed by atoms with van der Waals surface area (Å²) >= 11 is 0. The van der Waals surface area contributed by atoms with Crippen molar-refractivity contribution in [2.45, 2.75) is 19.4 Å². The van der Waals surface area contributed by atoms with Crippen LogP contribution in [0.5, 0.6) is 0 Å². The number of hydrogen-bond donors (Lipinski definition) is 1. The van der Waals surface area contributed by atoms with E-state index in [1.807, 2.05) is 11.9 Å². The number of hydrogen-bond acceptors (Lipinski definition) is 2. The van der Waals surface area contributed by atoms with Crippen molar-refractivity contribution >= 4 is 0 Å². The van der Waals surface area contributed by atoms with E-state index in [-0.39, 0.29) is 6.04 Å². The molecule has 1 atom stereocenters. The lowest BCUT2D eigenvalue weighted by atomic mass is 10.1. The van der Waals surface area contributed by atoms with E-state index in [4.69, 9.17) is 5.73 Å². The fourth-order valence-corrected chi connectivity index (χ4v) is 1.85. The molecule has 0 aliphatic heterocycles. The summed E-state index contributed by atoms with van der Waals surface area (Å²) in [6, 6.07) is 3.42. The minimum Gasteiger partial charge on any atom is -0.329 e. The molecule has 0 amide bonds. The third kappa shape index (κ3) is 3.25. The van der Waals surface area contributed by atoms with E-state index < -0.39 is 11.6 Å². The van der Waals surface area contributed by atoms with Crippen molar-refractivity contribution < 1.29 is 8.78 Å². The fourth-order valence-electron chi connectivity index (χ4n) is 1.85. The third-order valence-corrected chi connectivity index (χ3v) is 2.60. The molecule has 0 aliphatic rings. The fraction of sp³-hybridized carbons (Fsp3) is 0.500. The second-order valence-electron chi connectivity index (χ2n) is 3.93. The van der Waals surface area contributed by atoms with Crippen molar-refractivity contribution in [2.24, 2.45) is 5.73 Å². The second-order valence-corrected chi connectivity index (χ2v) is 3.93. The monoisotopic (exact) mass is 228 g/mol. The van der Waals surface area contributed by atoms with Crippen LogP contribution < -0.4 is 5.73 Å². The number of halogens is 2. The van der Waals surface area contributed by atoms with Gasteiger partial charge in [0, 0.05) is 18.7 Å². The molecule has 0 spiro atoms. The highest BCUT2D eigenvalue weighted by atomic mass is 19.1. The molecule has 4 heteroatoms. The average Bonchev–Trinajstić information content (AvgIpc) is 2.17. The molecule has 16 heavy (non-hydrogen) atoms. The van der Waals surface area contributed by atoms with Crippen molar-refractivity contribution in [1.29, 1.82) is 0 Å². The van der Waals surface area contributed by atoms with Gasteiger partial charge in [-0.15, -0.1) is 0 Å². The lowest BCUT2D eigenvalue weighted by Crippen LogP contribution is -2.31. The zero-order valence-corrected chi connectivity index (χ0v) is 9.71. The molecular formula is C12H18F2N2. The number of benzene rings is 1. The predicted octanol–water partition coefficient (Wildman–Crippen LogP) is 2.31. The molecule has 90 valence electrons. The Kier molecular flexibility index (Phi) is 4.83. The van der Waals surface area contributed by atoms with Gasteiger partial charge in [-0.2, -0.15) is 0 Å². The van der Waals surface area contributed by atoms with Gasteiger partial charge in [0.2, 0.25) is 0 Å².